The van der Waals surface area contributed by atoms with Gasteiger partial charge in [0.2, 0.25) is 10.0 Å². The van der Waals surface area contributed by atoms with Gasteiger partial charge >= 0.3 is 10.1 Å². The molecule has 2 aromatic rings. The van der Waals surface area contributed by atoms with E-state index in [0.717, 1.165) is 13.0 Å². The maximum atomic E-state index is 13.4. The van der Waals surface area contributed by atoms with Gasteiger partial charge in [-0.15, -0.1) is 24.8 Å². The van der Waals surface area contributed by atoms with E-state index in [2.05, 4.69) is 15.5 Å². The summed E-state index contributed by atoms with van der Waals surface area (Å²) in [4.78, 5) is 11.6. The molecule has 2 aromatic carbocycles. The monoisotopic (exact) mass is 627 g/mol. The maximum absolute atomic E-state index is 13.4. The van der Waals surface area contributed by atoms with E-state index < -0.39 is 25.0 Å². The molecule has 1 aliphatic rings. The van der Waals surface area contributed by atoms with Crippen LogP contribution < -0.4 is 20.2 Å². The Morgan fingerprint density at radius 1 is 0.974 bits per heavy atom. The fourth-order valence-electron chi connectivity index (χ4n) is 3.62. The highest BCUT2D eigenvalue weighted by atomic mass is 35.5. The normalized spacial score (nSPS) is 15.0. The fraction of sp³-hybridized carbons (Fsp3) is 0.435. The molecule has 0 saturated carbocycles. The molecule has 0 spiro atoms. The molecule has 220 valence electrons. The van der Waals surface area contributed by atoms with Crippen LogP contribution in [0.25, 0.3) is 0 Å². The number of hydroxylamine groups is 1. The number of nitrogens with one attached hydrogen (secondary N) is 1. The first-order chi connectivity index (χ1) is 17.6. The van der Waals surface area contributed by atoms with E-state index in [1.807, 2.05) is 13.8 Å². The van der Waals surface area contributed by atoms with Gasteiger partial charge in [-0.25, -0.2) is 8.42 Å². The summed E-state index contributed by atoms with van der Waals surface area (Å²) in [5.74, 6) is -0.0178. The van der Waals surface area contributed by atoms with Gasteiger partial charge in [-0.3, -0.25) is 0 Å². The van der Waals surface area contributed by atoms with Gasteiger partial charge in [0.05, 0.1) is 0 Å². The molecular formula is C23H35Cl2N5O7S2. The number of nitrogens with zero attached hydrogens (tertiary/aromatic N) is 3. The van der Waals surface area contributed by atoms with Gasteiger partial charge in [0.1, 0.15) is 22.1 Å². The summed E-state index contributed by atoms with van der Waals surface area (Å²) in [5.41, 5.74) is 8.66. The second kappa shape index (κ2) is 15.3. The molecule has 0 atom stereocenters. The van der Waals surface area contributed by atoms with E-state index in [9.17, 15) is 16.8 Å². The lowest BCUT2D eigenvalue weighted by atomic mass is 10.2. The largest absolute Gasteiger partial charge is 0.393 e. The SMILES string of the molecule is CCCON=C(N)NOc1cc(C)cc(OS(=O)(=O)c2ccccc2S(=O)(=O)N2CCN(CC)CC2)c1.Cl.Cl. The van der Waals surface area contributed by atoms with E-state index in [1.165, 1.54) is 40.7 Å². The van der Waals surface area contributed by atoms with Crippen molar-refractivity contribution < 1.29 is 30.7 Å². The summed E-state index contributed by atoms with van der Waals surface area (Å²) in [5, 5.41) is 3.62. The summed E-state index contributed by atoms with van der Waals surface area (Å²) < 4.78 is 59.9. The van der Waals surface area contributed by atoms with Crippen molar-refractivity contribution in [1.82, 2.24) is 14.7 Å². The van der Waals surface area contributed by atoms with E-state index in [1.54, 1.807) is 13.0 Å². The lowest BCUT2D eigenvalue weighted by Gasteiger charge is -2.33. The molecule has 39 heavy (non-hydrogen) atoms. The third-order valence-electron chi connectivity index (χ3n) is 5.48. The van der Waals surface area contributed by atoms with Crippen molar-refractivity contribution in [2.75, 3.05) is 39.3 Å². The number of piperazine rings is 1. The van der Waals surface area contributed by atoms with Gasteiger partial charge in [0.15, 0.2) is 5.75 Å². The summed E-state index contributed by atoms with van der Waals surface area (Å²) >= 11 is 0. The number of oxime groups is 1. The van der Waals surface area contributed by atoms with Crippen molar-refractivity contribution in [3.05, 3.63) is 48.0 Å². The van der Waals surface area contributed by atoms with Crippen molar-refractivity contribution in [2.24, 2.45) is 10.9 Å². The highest BCUT2D eigenvalue weighted by molar-refractivity contribution is 7.91. The predicted octanol–water partition coefficient (Wildman–Crippen LogP) is 2.47. The van der Waals surface area contributed by atoms with E-state index in [-0.39, 0.29) is 60.3 Å². The van der Waals surface area contributed by atoms with Gasteiger partial charge in [0.25, 0.3) is 5.96 Å². The van der Waals surface area contributed by atoms with Crippen molar-refractivity contribution >= 4 is 50.9 Å². The first-order valence-electron chi connectivity index (χ1n) is 11.8. The third-order valence-corrected chi connectivity index (χ3v) is 8.87. The van der Waals surface area contributed by atoms with Crippen LogP contribution in [0.3, 0.4) is 0 Å². The Kier molecular flexibility index (Phi) is 13.6. The second-order valence-corrected chi connectivity index (χ2v) is 11.7. The van der Waals surface area contributed by atoms with E-state index in [4.69, 9.17) is 19.6 Å². The van der Waals surface area contributed by atoms with Gasteiger partial charge < -0.3 is 24.5 Å². The van der Waals surface area contributed by atoms with Crippen molar-refractivity contribution in [3.63, 3.8) is 0 Å². The first kappa shape index (κ1) is 34.5. The average Bonchev–Trinajstić information content (AvgIpc) is 2.87. The van der Waals surface area contributed by atoms with Crippen LogP contribution in [0.1, 0.15) is 25.8 Å². The van der Waals surface area contributed by atoms with Gasteiger partial charge in [0, 0.05) is 32.2 Å². The minimum Gasteiger partial charge on any atom is -0.393 e. The predicted molar refractivity (Wildman–Crippen MR) is 152 cm³/mol. The van der Waals surface area contributed by atoms with Crippen LogP contribution in [-0.2, 0) is 25.0 Å². The van der Waals surface area contributed by atoms with E-state index >= 15 is 0 Å². The van der Waals surface area contributed by atoms with Crippen LogP contribution in [0.5, 0.6) is 11.5 Å². The topological polar surface area (TPSA) is 153 Å². The summed E-state index contributed by atoms with van der Waals surface area (Å²) in [6, 6.07) is 9.82. The third kappa shape index (κ3) is 9.29. The molecule has 0 amide bonds. The molecule has 12 nitrogen and oxygen atoms in total. The molecule has 3 rings (SSSR count). The zero-order valence-corrected chi connectivity index (χ0v) is 25.2. The Bertz CT molecular complexity index is 1320. The second-order valence-electron chi connectivity index (χ2n) is 8.32. The molecule has 0 aliphatic carbocycles. The van der Waals surface area contributed by atoms with Crippen LogP contribution >= 0.6 is 24.8 Å². The molecule has 0 unspecified atom stereocenters. The van der Waals surface area contributed by atoms with Crippen LogP contribution in [0.2, 0.25) is 0 Å². The quantitative estimate of drug-likeness (QED) is 0.125. The van der Waals surface area contributed by atoms with Crippen LogP contribution in [0.15, 0.2) is 57.4 Å². The highest BCUT2D eigenvalue weighted by Crippen LogP contribution is 2.29. The maximum Gasteiger partial charge on any atom is 0.340 e. The lowest BCUT2D eigenvalue weighted by Crippen LogP contribution is -2.48. The summed E-state index contributed by atoms with van der Waals surface area (Å²) in [7, 11) is -8.59. The van der Waals surface area contributed by atoms with Crippen molar-refractivity contribution in [3.8, 4) is 11.5 Å². The summed E-state index contributed by atoms with van der Waals surface area (Å²) in [6.45, 7) is 8.51. The molecule has 0 aromatic heterocycles. The fourth-order valence-corrected chi connectivity index (χ4v) is 6.74. The summed E-state index contributed by atoms with van der Waals surface area (Å²) in [6.07, 6.45) is 0.755. The Morgan fingerprint density at radius 2 is 1.59 bits per heavy atom. The van der Waals surface area contributed by atoms with Gasteiger partial charge in [-0.2, -0.15) is 18.2 Å². The number of aryl methyl sites for hydroxylation is 1. The first-order valence-corrected chi connectivity index (χ1v) is 14.7. The Morgan fingerprint density at radius 3 is 2.21 bits per heavy atom. The number of sulfonamides is 1. The number of likely N-dealkylation sites (N-methyl/N-ethyl adjacent to an activating group) is 1. The molecule has 1 aliphatic heterocycles. The number of benzene rings is 2. The Balaban J connectivity index is 0.00000380. The number of halogens is 2. The van der Waals surface area contributed by atoms with E-state index in [0.29, 0.717) is 25.3 Å². The smallest absolute Gasteiger partial charge is 0.340 e. The standard InChI is InChI=1S/C23H33N5O7S2.2ClH/c1-4-14-33-25-23(24)26-34-19-15-18(3)16-20(17-19)35-37(31,32)22-9-7-6-8-21(22)36(29,30)28-12-10-27(5-2)11-13-28;;/h6-9,15-17H,4-5,10-14H2,1-3H3,(H3,24,25,26);2*1H. The van der Waals surface area contributed by atoms with Crippen LogP contribution in [-0.4, -0.2) is 71.3 Å². The van der Waals surface area contributed by atoms with Crippen molar-refractivity contribution in [1.29, 1.82) is 0 Å². The number of hydrogen-bond donors (Lipinski definition) is 2. The molecule has 1 fully saturated rings. The number of rotatable bonds is 11. The number of hydrogen-bond acceptors (Lipinski definition) is 9. The van der Waals surface area contributed by atoms with Gasteiger partial charge in [-0.1, -0.05) is 26.0 Å². The molecule has 16 heteroatoms. The van der Waals surface area contributed by atoms with Crippen LogP contribution in [0, 0.1) is 6.92 Å². The molecule has 0 radical (unpaired) electrons. The van der Waals surface area contributed by atoms with Crippen LogP contribution in [0.4, 0.5) is 0 Å². The minimum atomic E-state index is -4.52. The highest BCUT2D eigenvalue weighted by Gasteiger charge is 2.34. The zero-order chi connectivity index (χ0) is 27.1. The zero-order valence-electron chi connectivity index (χ0n) is 21.9. The number of nitrogens with two attached hydrogens (primary N) is 1. The molecule has 0 bridgehead atoms. The Hall–Kier alpha value is -2.49. The Labute approximate surface area is 242 Å². The average molecular weight is 629 g/mol. The molecule has 1 heterocycles. The number of guanidine groups is 1. The molecule has 3 N–H and O–H groups in total. The minimum absolute atomic E-state index is 0. The van der Waals surface area contributed by atoms with Gasteiger partial charge in [-0.05, 0) is 54.9 Å². The van der Waals surface area contributed by atoms with Crippen molar-refractivity contribution in [2.45, 2.75) is 37.0 Å². The lowest BCUT2D eigenvalue weighted by molar-refractivity contribution is 0.138. The molecular weight excluding hydrogens is 593 g/mol. The molecule has 1 saturated heterocycles.